The molecular weight excluding hydrogens is 542 g/mol. The molecule has 3 aromatic rings. The minimum Gasteiger partial charge on any atom is -0.496 e. The first-order valence-electron chi connectivity index (χ1n) is 15.9. The number of thiazole rings is 1. The normalized spacial score (nSPS) is 20.9. The van der Waals surface area contributed by atoms with Crippen molar-refractivity contribution in [3.63, 3.8) is 0 Å². The summed E-state index contributed by atoms with van der Waals surface area (Å²) < 4.78 is 11.0. The van der Waals surface area contributed by atoms with Gasteiger partial charge in [0.25, 0.3) is 0 Å². The number of methoxy groups -OCH3 is 1. The number of hydrogen-bond acceptors (Lipinski definition) is 6. The van der Waals surface area contributed by atoms with Crippen molar-refractivity contribution in [2.75, 3.05) is 25.7 Å². The molecule has 0 bridgehead atoms. The predicted molar refractivity (Wildman–Crippen MR) is 172 cm³/mol. The van der Waals surface area contributed by atoms with Crippen molar-refractivity contribution in [3.8, 4) is 16.2 Å². The van der Waals surface area contributed by atoms with Crippen LogP contribution >= 0.6 is 11.3 Å². The van der Waals surface area contributed by atoms with Gasteiger partial charge in [-0.05, 0) is 106 Å². The molecule has 6 nitrogen and oxygen atoms in total. The van der Waals surface area contributed by atoms with E-state index in [9.17, 15) is 4.79 Å². The number of rotatable bonds is 8. The van der Waals surface area contributed by atoms with Crippen molar-refractivity contribution in [1.29, 1.82) is 0 Å². The SMILES string of the molecule is CCOC1CCC(C(=O)N(C)c2cc(-c3cnc(C4CC4)s3)ccn2)CC1.COc1ccc(C2CCCCC2)cc1C. The molecule has 3 aliphatic rings. The van der Waals surface area contributed by atoms with Gasteiger partial charge in [-0.25, -0.2) is 9.97 Å². The van der Waals surface area contributed by atoms with Crippen LogP contribution in [0.2, 0.25) is 0 Å². The Labute approximate surface area is 255 Å². The highest BCUT2D eigenvalue weighted by molar-refractivity contribution is 7.15. The zero-order chi connectivity index (χ0) is 29.5. The van der Waals surface area contributed by atoms with Crippen LogP contribution in [0.1, 0.15) is 106 Å². The third-order valence-corrected chi connectivity index (χ3v) is 10.3. The Kier molecular flexibility index (Phi) is 10.7. The molecule has 0 unspecified atom stereocenters. The largest absolute Gasteiger partial charge is 0.496 e. The van der Waals surface area contributed by atoms with Gasteiger partial charge in [0.1, 0.15) is 11.6 Å². The molecule has 42 heavy (non-hydrogen) atoms. The Morgan fingerprint density at radius 1 is 0.952 bits per heavy atom. The van der Waals surface area contributed by atoms with Crippen molar-refractivity contribution in [2.45, 2.75) is 102 Å². The van der Waals surface area contributed by atoms with Crippen LogP contribution in [0.4, 0.5) is 5.82 Å². The first-order chi connectivity index (χ1) is 20.5. The van der Waals surface area contributed by atoms with Gasteiger partial charge in [0.15, 0.2) is 0 Å². The number of carbonyl (C=O) groups is 1. The molecule has 0 radical (unpaired) electrons. The monoisotopic (exact) mass is 589 g/mol. The summed E-state index contributed by atoms with van der Waals surface area (Å²) in [5.41, 5.74) is 3.86. The third-order valence-electron chi connectivity index (χ3n) is 9.08. The Balaban J connectivity index is 0.000000199. The lowest BCUT2D eigenvalue weighted by molar-refractivity contribution is -0.124. The number of nitrogens with zero attached hydrogens (tertiary/aromatic N) is 3. The number of aromatic nitrogens is 2. The van der Waals surface area contributed by atoms with Crippen LogP contribution in [0, 0.1) is 12.8 Å². The van der Waals surface area contributed by atoms with Gasteiger partial charge in [-0.15, -0.1) is 11.3 Å². The molecule has 0 atom stereocenters. The molecule has 3 fully saturated rings. The summed E-state index contributed by atoms with van der Waals surface area (Å²) in [6, 6.07) is 10.7. The van der Waals surface area contributed by atoms with Crippen molar-refractivity contribution in [2.24, 2.45) is 5.92 Å². The van der Waals surface area contributed by atoms with Crippen molar-refractivity contribution >= 4 is 23.1 Å². The summed E-state index contributed by atoms with van der Waals surface area (Å²) in [4.78, 5) is 24.8. The average molecular weight is 590 g/mol. The maximum atomic E-state index is 12.9. The summed E-state index contributed by atoms with van der Waals surface area (Å²) in [5.74, 6) is 3.42. The smallest absolute Gasteiger partial charge is 0.230 e. The molecule has 2 heterocycles. The van der Waals surface area contributed by atoms with Gasteiger partial charge in [-0.3, -0.25) is 9.69 Å². The molecule has 226 valence electrons. The average Bonchev–Trinajstić information content (AvgIpc) is 3.77. The summed E-state index contributed by atoms with van der Waals surface area (Å²) in [7, 11) is 3.58. The zero-order valence-electron chi connectivity index (χ0n) is 25.8. The highest BCUT2D eigenvalue weighted by Gasteiger charge is 2.30. The molecule has 7 heteroatoms. The maximum absolute atomic E-state index is 12.9. The second kappa shape index (κ2) is 14.6. The molecule has 1 amide bonds. The molecule has 0 N–H and O–H groups in total. The second-order valence-electron chi connectivity index (χ2n) is 12.1. The zero-order valence-corrected chi connectivity index (χ0v) is 26.6. The van der Waals surface area contributed by atoms with Gasteiger partial charge in [-0.1, -0.05) is 31.4 Å². The quantitative estimate of drug-likeness (QED) is 0.263. The predicted octanol–water partition coefficient (Wildman–Crippen LogP) is 8.69. The number of aryl methyl sites for hydroxylation is 1. The number of carbonyl (C=O) groups excluding carboxylic acids is 1. The molecule has 0 saturated heterocycles. The van der Waals surface area contributed by atoms with E-state index in [4.69, 9.17) is 9.47 Å². The number of anilines is 1. The first kappa shape index (κ1) is 30.7. The lowest BCUT2D eigenvalue weighted by Crippen LogP contribution is -2.36. The Morgan fingerprint density at radius 2 is 1.71 bits per heavy atom. The summed E-state index contributed by atoms with van der Waals surface area (Å²) >= 11 is 1.76. The number of pyridine rings is 1. The number of hydrogen-bond donors (Lipinski definition) is 0. The van der Waals surface area contributed by atoms with E-state index in [0.29, 0.717) is 17.8 Å². The minimum atomic E-state index is 0.0713. The van der Waals surface area contributed by atoms with Crippen LogP contribution in [0.25, 0.3) is 10.4 Å². The second-order valence-corrected chi connectivity index (χ2v) is 13.2. The Bertz CT molecular complexity index is 1310. The summed E-state index contributed by atoms with van der Waals surface area (Å²) in [6.07, 6.45) is 17.3. The van der Waals surface area contributed by atoms with E-state index in [1.807, 2.05) is 32.3 Å². The number of benzene rings is 1. The van der Waals surface area contributed by atoms with Crippen LogP contribution in [0.3, 0.4) is 0 Å². The Morgan fingerprint density at radius 3 is 2.38 bits per heavy atom. The van der Waals surface area contributed by atoms with Gasteiger partial charge in [0, 0.05) is 37.9 Å². The van der Waals surface area contributed by atoms with Gasteiger partial charge < -0.3 is 9.47 Å². The topological polar surface area (TPSA) is 64.5 Å². The van der Waals surface area contributed by atoms with Gasteiger partial charge in [0.05, 0.1) is 23.1 Å². The van der Waals surface area contributed by atoms with E-state index in [-0.39, 0.29) is 11.8 Å². The highest BCUT2D eigenvalue weighted by atomic mass is 32.1. The van der Waals surface area contributed by atoms with E-state index in [1.165, 1.54) is 61.1 Å². The molecular formula is C35H47N3O3S. The van der Waals surface area contributed by atoms with Crippen LogP contribution < -0.4 is 9.64 Å². The molecule has 0 aliphatic heterocycles. The number of ether oxygens (including phenoxy) is 2. The van der Waals surface area contributed by atoms with E-state index >= 15 is 0 Å². The molecule has 3 aliphatic carbocycles. The third kappa shape index (κ3) is 7.78. The Hall–Kier alpha value is -2.77. The number of amides is 1. The van der Waals surface area contributed by atoms with Gasteiger partial charge in [0.2, 0.25) is 5.91 Å². The van der Waals surface area contributed by atoms with Crippen molar-refractivity contribution < 1.29 is 14.3 Å². The molecule has 6 rings (SSSR count). The maximum Gasteiger partial charge on any atom is 0.230 e. The van der Waals surface area contributed by atoms with Crippen molar-refractivity contribution in [1.82, 2.24) is 9.97 Å². The van der Waals surface area contributed by atoms with E-state index < -0.39 is 0 Å². The van der Waals surface area contributed by atoms with E-state index in [2.05, 4.69) is 35.1 Å². The van der Waals surface area contributed by atoms with Gasteiger partial charge in [-0.2, -0.15) is 0 Å². The lowest BCUT2D eigenvalue weighted by atomic mass is 9.83. The van der Waals surface area contributed by atoms with E-state index in [1.54, 1.807) is 29.5 Å². The fraction of sp³-hybridized carbons (Fsp3) is 0.571. The van der Waals surface area contributed by atoms with Crippen LogP contribution in [-0.2, 0) is 9.53 Å². The van der Waals surface area contributed by atoms with Gasteiger partial charge >= 0.3 is 0 Å². The summed E-state index contributed by atoms with van der Waals surface area (Å²) in [5, 5.41) is 1.24. The standard InChI is InChI=1S/C21H27N3O2S.C14H20O/c1-3-26-17-8-6-15(7-9-17)21(25)24(2)19-12-16(10-11-22-19)18-13-23-20(27-18)14-4-5-14;1-11-10-13(8-9-14(11)15-2)12-6-4-3-5-7-12/h10-15,17H,3-9H2,1-2H3;8-10,12H,3-7H2,1-2H3. The minimum absolute atomic E-state index is 0.0713. The van der Waals surface area contributed by atoms with Crippen molar-refractivity contribution in [3.05, 3.63) is 58.9 Å². The van der Waals surface area contributed by atoms with Crippen LogP contribution in [0.15, 0.2) is 42.7 Å². The lowest BCUT2D eigenvalue weighted by Gasteiger charge is -2.30. The fourth-order valence-electron chi connectivity index (χ4n) is 6.39. The van der Waals surface area contributed by atoms with Crippen LogP contribution in [0.5, 0.6) is 5.75 Å². The van der Waals surface area contributed by atoms with E-state index in [0.717, 1.165) is 54.4 Å². The summed E-state index contributed by atoms with van der Waals surface area (Å²) in [6.45, 7) is 4.91. The van der Waals surface area contributed by atoms with Crippen LogP contribution in [-0.4, -0.2) is 42.7 Å². The molecule has 3 saturated carbocycles. The molecule has 0 spiro atoms. The molecule has 2 aromatic heterocycles. The molecule has 1 aromatic carbocycles. The fourth-order valence-corrected chi connectivity index (χ4v) is 7.47. The highest BCUT2D eigenvalue weighted by Crippen LogP contribution is 2.43. The first-order valence-corrected chi connectivity index (χ1v) is 16.7.